The van der Waals surface area contributed by atoms with E-state index < -0.39 is 35.8 Å². The molecule has 0 aliphatic carbocycles. The molecule has 0 saturated carbocycles. The molecule has 0 bridgehead atoms. The lowest BCUT2D eigenvalue weighted by atomic mass is 10.0. The maximum absolute atomic E-state index is 15.6. The van der Waals surface area contributed by atoms with Crippen LogP contribution in [0.2, 0.25) is 0 Å². The summed E-state index contributed by atoms with van der Waals surface area (Å²) in [6, 6.07) is 7.60. The summed E-state index contributed by atoms with van der Waals surface area (Å²) in [7, 11) is 0. The zero-order chi connectivity index (χ0) is 34.4. The molecule has 1 aliphatic heterocycles. The highest BCUT2D eigenvalue weighted by atomic mass is 32.1. The van der Waals surface area contributed by atoms with Crippen molar-refractivity contribution in [1.82, 2.24) is 24.3 Å². The number of fused-ring (bicyclic) bond motifs is 1. The van der Waals surface area contributed by atoms with Gasteiger partial charge in [-0.25, -0.2) is 37.0 Å². The fourth-order valence-electron chi connectivity index (χ4n) is 5.44. The normalized spacial score (nSPS) is 14.5. The summed E-state index contributed by atoms with van der Waals surface area (Å²) < 4.78 is 99.6. The molecule has 4 heterocycles. The van der Waals surface area contributed by atoms with Gasteiger partial charge < -0.3 is 19.1 Å². The molecule has 1 aliphatic rings. The Morgan fingerprint density at radius 2 is 1.84 bits per heavy atom. The maximum atomic E-state index is 15.6. The number of alkyl halides is 2. The van der Waals surface area contributed by atoms with Crippen LogP contribution in [-0.2, 0) is 24.3 Å². The zero-order valence-electron chi connectivity index (χ0n) is 25.0. The Bertz CT molecular complexity index is 2210. The van der Waals surface area contributed by atoms with Crippen molar-refractivity contribution in [2.24, 2.45) is 0 Å². The molecule has 1 atom stereocenters. The number of carboxylic acid groups (broad SMARTS) is 1. The van der Waals surface area contributed by atoms with E-state index in [1.54, 1.807) is 4.57 Å². The minimum atomic E-state index is -2.79. The number of carbonyl (C=O) groups is 1. The first-order chi connectivity index (χ1) is 23.5. The first kappa shape index (κ1) is 32.3. The fraction of sp³-hybridized carbons (Fsp3) is 0.212. The second-order valence-corrected chi connectivity index (χ2v) is 12.3. The Labute approximate surface area is 277 Å². The highest BCUT2D eigenvalue weighted by Crippen LogP contribution is 2.33. The van der Waals surface area contributed by atoms with Gasteiger partial charge in [-0.05, 0) is 53.9 Å². The third-order valence-electron chi connectivity index (χ3n) is 8.03. The Hall–Kier alpha value is -5.22. The summed E-state index contributed by atoms with van der Waals surface area (Å²) in [6.07, 6.45) is 4.11. The van der Waals surface area contributed by atoms with Gasteiger partial charge in [-0.15, -0.1) is 11.3 Å². The van der Waals surface area contributed by atoms with Crippen LogP contribution in [0.1, 0.15) is 39.7 Å². The van der Waals surface area contributed by atoms with Crippen molar-refractivity contribution >= 4 is 28.3 Å². The van der Waals surface area contributed by atoms with E-state index in [9.17, 15) is 27.5 Å². The Balaban J connectivity index is 1.13. The van der Waals surface area contributed by atoms with Crippen molar-refractivity contribution in [3.05, 3.63) is 106 Å². The van der Waals surface area contributed by atoms with Crippen LogP contribution in [0.5, 0.6) is 5.75 Å². The number of hydrogen-bond acceptors (Lipinski definition) is 7. The van der Waals surface area contributed by atoms with E-state index >= 15 is 8.78 Å². The smallest absolute Gasteiger partial charge is 0.335 e. The quantitative estimate of drug-likeness (QED) is 0.139. The van der Waals surface area contributed by atoms with Crippen LogP contribution in [0.3, 0.4) is 0 Å². The number of aromatic carboxylic acids is 1. The molecule has 0 unspecified atom stereocenters. The number of halogens is 6. The number of thiazole rings is 1. The number of benzene rings is 3. The molecule has 1 fully saturated rings. The first-order valence-corrected chi connectivity index (χ1v) is 15.6. The van der Waals surface area contributed by atoms with E-state index in [1.165, 1.54) is 36.8 Å². The topological polar surface area (TPSA) is 104 Å². The molecule has 7 rings (SSSR count). The van der Waals surface area contributed by atoms with Gasteiger partial charge in [0.15, 0.2) is 17.4 Å². The summed E-state index contributed by atoms with van der Waals surface area (Å²) in [5.41, 5.74) is 0.0750. The molecule has 0 spiro atoms. The van der Waals surface area contributed by atoms with Gasteiger partial charge in [0.2, 0.25) is 0 Å². The van der Waals surface area contributed by atoms with Gasteiger partial charge in [0, 0.05) is 36.5 Å². The van der Waals surface area contributed by atoms with Gasteiger partial charge in [-0.2, -0.15) is 13.9 Å². The summed E-state index contributed by atoms with van der Waals surface area (Å²) >= 11 is 1.13. The number of rotatable bonds is 11. The Morgan fingerprint density at radius 3 is 2.55 bits per heavy atom. The van der Waals surface area contributed by atoms with Gasteiger partial charge in [0.25, 0.3) is 0 Å². The van der Waals surface area contributed by atoms with Gasteiger partial charge in [0.05, 0.1) is 34.8 Å². The van der Waals surface area contributed by atoms with Gasteiger partial charge >= 0.3 is 12.5 Å². The largest absolute Gasteiger partial charge is 0.483 e. The van der Waals surface area contributed by atoms with Crippen LogP contribution in [-0.4, -0.2) is 48.1 Å². The third-order valence-corrected chi connectivity index (χ3v) is 9.05. The monoisotopic (exact) mass is 699 g/mol. The van der Waals surface area contributed by atoms with Gasteiger partial charge in [-0.1, -0.05) is 6.07 Å². The molecule has 9 nitrogen and oxygen atoms in total. The zero-order valence-corrected chi connectivity index (χ0v) is 25.9. The lowest BCUT2D eigenvalue weighted by molar-refractivity contribution is -0.0589. The van der Waals surface area contributed by atoms with Crippen LogP contribution in [0, 0.1) is 23.3 Å². The minimum absolute atomic E-state index is 0.0940. The van der Waals surface area contributed by atoms with E-state index in [1.807, 2.05) is 0 Å². The van der Waals surface area contributed by atoms with Crippen LogP contribution >= 0.6 is 11.3 Å². The highest BCUT2D eigenvalue weighted by molar-refractivity contribution is 7.15. The number of aromatic nitrogens is 5. The molecule has 252 valence electrons. The molecule has 1 N–H and O–H groups in total. The average molecular weight is 700 g/mol. The summed E-state index contributed by atoms with van der Waals surface area (Å²) in [4.78, 5) is 20.6. The van der Waals surface area contributed by atoms with Crippen LogP contribution in [0.15, 0.2) is 61.1 Å². The van der Waals surface area contributed by atoms with Crippen LogP contribution in [0.25, 0.3) is 32.6 Å². The average Bonchev–Trinajstić information content (AvgIpc) is 3.80. The number of imidazole rings is 1. The number of carboxylic acids is 1. The van der Waals surface area contributed by atoms with E-state index in [4.69, 9.17) is 9.47 Å². The SMILES string of the molecule is O=C(O)c1cc(F)c2nc(Cc3cc(F)c(-c4ccc(F)c(OCc5ncc(-c6cnn(C(F)F)c6)s5)c4)cc3F)n(C[C@@H]3CCO3)c2c1. The molecule has 0 radical (unpaired) electrons. The molecule has 6 aromatic rings. The minimum Gasteiger partial charge on any atom is -0.483 e. The van der Waals surface area contributed by atoms with E-state index in [0.717, 1.165) is 35.6 Å². The van der Waals surface area contributed by atoms with Crippen molar-refractivity contribution in [3.63, 3.8) is 0 Å². The fourth-order valence-corrected chi connectivity index (χ4v) is 6.25. The lowest BCUT2D eigenvalue weighted by Gasteiger charge is -2.27. The lowest BCUT2D eigenvalue weighted by Crippen LogP contribution is -2.31. The van der Waals surface area contributed by atoms with Crippen LogP contribution in [0.4, 0.5) is 26.3 Å². The van der Waals surface area contributed by atoms with E-state index in [2.05, 4.69) is 15.1 Å². The van der Waals surface area contributed by atoms with Gasteiger partial charge in [-0.3, -0.25) is 0 Å². The van der Waals surface area contributed by atoms with Crippen molar-refractivity contribution in [2.75, 3.05) is 6.61 Å². The number of nitrogens with zero attached hydrogens (tertiary/aromatic N) is 5. The molecule has 3 aromatic heterocycles. The van der Waals surface area contributed by atoms with E-state index in [0.29, 0.717) is 33.2 Å². The maximum Gasteiger partial charge on any atom is 0.335 e. The van der Waals surface area contributed by atoms with Crippen molar-refractivity contribution in [3.8, 4) is 27.3 Å². The molecule has 16 heteroatoms. The third kappa shape index (κ3) is 6.48. The second kappa shape index (κ2) is 13.0. The number of ether oxygens (including phenoxy) is 2. The van der Waals surface area contributed by atoms with Gasteiger partial charge in [0.1, 0.15) is 34.6 Å². The molecule has 0 amide bonds. The number of hydrogen-bond donors (Lipinski definition) is 1. The van der Waals surface area contributed by atoms with Crippen molar-refractivity contribution < 1.29 is 45.7 Å². The second-order valence-electron chi connectivity index (χ2n) is 11.2. The molecular weight excluding hydrogens is 676 g/mol. The molecule has 49 heavy (non-hydrogen) atoms. The summed E-state index contributed by atoms with van der Waals surface area (Å²) in [5.74, 6) is -4.65. The van der Waals surface area contributed by atoms with Crippen LogP contribution < -0.4 is 4.74 Å². The predicted octanol–water partition coefficient (Wildman–Crippen LogP) is 7.63. The molecular formula is C33H23F6N5O4S. The summed E-state index contributed by atoms with van der Waals surface area (Å²) in [5, 5.41) is 13.4. The highest BCUT2D eigenvalue weighted by Gasteiger charge is 2.25. The first-order valence-electron chi connectivity index (χ1n) is 14.8. The van der Waals surface area contributed by atoms with Crippen molar-refractivity contribution in [1.29, 1.82) is 0 Å². The standard InChI is InChI=1S/C33H23F6N5O4S/c34-22-2-1-16(8-27(22)48-15-30-40-12-28(49-30)19-11-41-44(13-19)33(38)39)21-10-23(35)17(5-24(21)36)9-29-42-31-25(37)6-18(32(45)46)7-26(31)43(29)14-20-3-4-47-20/h1-2,5-8,10-13,20,33H,3-4,9,14-15H2,(H,45,46)/t20-/m0/s1. The Morgan fingerprint density at radius 1 is 1.02 bits per heavy atom. The predicted molar refractivity (Wildman–Crippen MR) is 164 cm³/mol. The molecule has 3 aromatic carbocycles. The Kier molecular flexibility index (Phi) is 8.58. The van der Waals surface area contributed by atoms with E-state index in [-0.39, 0.29) is 70.5 Å². The van der Waals surface area contributed by atoms with Crippen molar-refractivity contribution in [2.45, 2.75) is 38.6 Å². The molecule has 1 saturated heterocycles. The summed E-state index contributed by atoms with van der Waals surface area (Å²) in [6.45, 7) is -2.24.